The molecule has 0 spiro atoms. The Bertz CT molecular complexity index is 1060. The van der Waals surface area contributed by atoms with Crippen molar-refractivity contribution < 1.29 is 4.74 Å². The zero-order valence-electron chi connectivity index (χ0n) is 18.7. The number of nitrogens with zero attached hydrogens (tertiary/aromatic N) is 7. The molecule has 5 rings (SSSR count). The predicted octanol–water partition coefficient (Wildman–Crippen LogP) is 3.33. The molecular formula is C23H30N8O. The van der Waals surface area contributed by atoms with Crippen LogP contribution in [0.3, 0.4) is 0 Å². The fourth-order valence-electron chi connectivity index (χ4n) is 4.63. The first-order valence-electron chi connectivity index (χ1n) is 11.4. The van der Waals surface area contributed by atoms with Gasteiger partial charge in [0, 0.05) is 57.4 Å². The van der Waals surface area contributed by atoms with Crippen LogP contribution in [0, 0.1) is 6.92 Å². The highest BCUT2D eigenvalue weighted by Gasteiger charge is 2.27. The van der Waals surface area contributed by atoms with Gasteiger partial charge in [0.15, 0.2) is 0 Å². The fraction of sp³-hybridized carbons (Fsp3) is 0.522. The molecule has 0 radical (unpaired) electrons. The Kier molecular flexibility index (Phi) is 5.98. The van der Waals surface area contributed by atoms with Gasteiger partial charge in [0.25, 0.3) is 0 Å². The summed E-state index contributed by atoms with van der Waals surface area (Å²) in [7, 11) is 2.01. The molecule has 9 heteroatoms. The van der Waals surface area contributed by atoms with Gasteiger partial charge in [0.05, 0.1) is 5.69 Å². The summed E-state index contributed by atoms with van der Waals surface area (Å²) in [6.07, 6.45) is 7.73. The van der Waals surface area contributed by atoms with Crippen molar-refractivity contribution in [2.75, 3.05) is 36.5 Å². The van der Waals surface area contributed by atoms with Crippen LogP contribution >= 0.6 is 0 Å². The van der Waals surface area contributed by atoms with E-state index < -0.39 is 0 Å². The minimum atomic E-state index is 0.321. The number of hydrogen-bond acceptors (Lipinski definition) is 8. The number of hydrogen-bond donors (Lipinski definition) is 1. The third kappa shape index (κ3) is 4.57. The third-order valence-corrected chi connectivity index (χ3v) is 6.36. The summed E-state index contributed by atoms with van der Waals surface area (Å²) in [4.78, 5) is 16.7. The average molecular weight is 435 g/mol. The molecule has 0 saturated carbocycles. The summed E-state index contributed by atoms with van der Waals surface area (Å²) >= 11 is 0. The maximum atomic E-state index is 5.58. The first-order valence-corrected chi connectivity index (χ1v) is 11.4. The Morgan fingerprint density at radius 3 is 2.72 bits per heavy atom. The van der Waals surface area contributed by atoms with E-state index in [1.54, 1.807) is 6.33 Å². The van der Waals surface area contributed by atoms with E-state index in [2.05, 4.69) is 38.4 Å². The van der Waals surface area contributed by atoms with Crippen LogP contribution in [0.1, 0.15) is 54.6 Å². The number of pyridine rings is 1. The summed E-state index contributed by atoms with van der Waals surface area (Å²) < 4.78 is 7.60. The molecule has 0 amide bonds. The van der Waals surface area contributed by atoms with E-state index >= 15 is 0 Å². The molecule has 1 unspecified atom stereocenters. The summed E-state index contributed by atoms with van der Waals surface area (Å²) in [5.74, 6) is 4.09. The van der Waals surface area contributed by atoms with Gasteiger partial charge in [-0.3, -0.25) is 0 Å². The summed E-state index contributed by atoms with van der Waals surface area (Å²) in [5, 5.41) is 11.8. The number of anilines is 3. The van der Waals surface area contributed by atoms with Gasteiger partial charge in [0.2, 0.25) is 5.95 Å². The molecule has 32 heavy (non-hydrogen) atoms. The van der Waals surface area contributed by atoms with Gasteiger partial charge >= 0.3 is 0 Å². The van der Waals surface area contributed by atoms with Crippen LogP contribution in [0.2, 0.25) is 0 Å². The summed E-state index contributed by atoms with van der Waals surface area (Å²) in [6.45, 7) is 5.40. The molecule has 5 heterocycles. The van der Waals surface area contributed by atoms with Crippen LogP contribution in [0.15, 0.2) is 30.7 Å². The van der Waals surface area contributed by atoms with Gasteiger partial charge in [0.1, 0.15) is 23.8 Å². The molecule has 2 saturated heterocycles. The van der Waals surface area contributed by atoms with Gasteiger partial charge in [-0.25, -0.2) is 9.97 Å². The Morgan fingerprint density at radius 2 is 1.94 bits per heavy atom. The Balaban J connectivity index is 1.45. The minimum absolute atomic E-state index is 0.321. The van der Waals surface area contributed by atoms with E-state index in [0.717, 1.165) is 86.7 Å². The first kappa shape index (κ1) is 20.8. The second kappa shape index (κ2) is 9.20. The molecule has 0 aromatic carbocycles. The third-order valence-electron chi connectivity index (χ3n) is 6.36. The molecule has 0 aliphatic carbocycles. The van der Waals surface area contributed by atoms with E-state index in [9.17, 15) is 0 Å². The quantitative estimate of drug-likeness (QED) is 0.654. The molecule has 168 valence electrons. The van der Waals surface area contributed by atoms with Gasteiger partial charge < -0.3 is 19.5 Å². The predicted molar refractivity (Wildman–Crippen MR) is 122 cm³/mol. The standard InChI is InChI=1S/C23H30N8O/c1-16-5-8-24-20(12-16)27-21-13-19(17-6-10-32-11-7-17)26-23(28-21)31-9-3-4-18(14-31)22-29-25-15-30(22)2/h5,8,12-13,15,17-18H,3-4,6-7,9-11,14H2,1-2H3,(H,24,26,27,28). The molecule has 2 aliphatic heterocycles. The molecule has 1 N–H and O–H groups in total. The van der Waals surface area contributed by atoms with Gasteiger partial charge in [-0.1, -0.05) is 0 Å². The van der Waals surface area contributed by atoms with E-state index in [-0.39, 0.29) is 0 Å². The molecule has 0 bridgehead atoms. The van der Waals surface area contributed by atoms with Crippen LogP contribution in [0.5, 0.6) is 0 Å². The van der Waals surface area contributed by atoms with Crippen molar-refractivity contribution >= 4 is 17.6 Å². The largest absolute Gasteiger partial charge is 0.381 e. The highest BCUT2D eigenvalue weighted by molar-refractivity contribution is 5.55. The number of ether oxygens (including phenoxy) is 1. The van der Waals surface area contributed by atoms with Crippen molar-refractivity contribution in [3.63, 3.8) is 0 Å². The zero-order chi connectivity index (χ0) is 21.9. The topological polar surface area (TPSA) is 93.9 Å². The van der Waals surface area contributed by atoms with Crippen LogP contribution in [-0.2, 0) is 11.8 Å². The van der Waals surface area contributed by atoms with E-state index in [1.807, 2.05) is 29.9 Å². The number of nitrogens with one attached hydrogen (secondary N) is 1. The highest BCUT2D eigenvalue weighted by atomic mass is 16.5. The van der Waals surface area contributed by atoms with E-state index in [1.165, 1.54) is 0 Å². The van der Waals surface area contributed by atoms with Crippen LogP contribution in [0.25, 0.3) is 0 Å². The number of rotatable bonds is 5. The second-order valence-corrected chi connectivity index (χ2v) is 8.79. The van der Waals surface area contributed by atoms with Crippen LogP contribution in [-0.4, -0.2) is 56.0 Å². The molecule has 1 atom stereocenters. The van der Waals surface area contributed by atoms with Crippen molar-refractivity contribution in [1.82, 2.24) is 29.7 Å². The maximum Gasteiger partial charge on any atom is 0.227 e. The van der Waals surface area contributed by atoms with Crippen LogP contribution < -0.4 is 10.2 Å². The van der Waals surface area contributed by atoms with Gasteiger partial charge in [-0.2, -0.15) is 4.98 Å². The van der Waals surface area contributed by atoms with Gasteiger partial charge in [-0.05, 0) is 50.3 Å². The summed E-state index contributed by atoms with van der Waals surface area (Å²) in [6, 6.07) is 6.10. The van der Waals surface area contributed by atoms with Crippen molar-refractivity contribution in [3.8, 4) is 0 Å². The highest BCUT2D eigenvalue weighted by Crippen LogP contribution is 2.32. The van der Waals surface area contributed by atoms with Crippen molar-refractivity contribution in [2.45, 2.75) is 44.4 Å². The molecule has 9 nitrogen and oxygen atoms in total. The smallest absolute Gasteiger partial charge is 0.227 e. The monoisotopic (exact) mass is 434 g/mol. The Labute approximate surface area is 188 Å². The Hall–Kier alpha value is -3.07. The maximum absolute atomic E-state index is 5.58. The lowest BCUT2D eigenvalue weighted by molar-refractivity contribution is 0.0845. The van der Waals surface area contributed by atoms with Crippen molar-refractivity contribution in [2.24, 2.45) is 7.05 Å². The lowest BCUT2D eigenvalue weighted by Crippen LogP contribution is -2.36. The van der Waals surface area contributed by atoms with Gasteiger partial charge in [-0.15, -0.1) is 10.2 Å². The second-order valence-electron chi connectivity index (χ2n) is 8.79. The fourth-order valence-corrected chi connectivity index (χ4v) is 4.63. The minimum Gasteiger partial charge on any atom is -0.381 e. The molecule has 2 aliphatic rings. The summed E-state index contributed by atoms with van der Waals surface area (Å²) in [5.41, 5.74) is 2.23. The normalized spacial score (nSPS) is 19.8. The lowest BCUT2D eigenvalue weighted by atomic mass is 9.96. The SMILES string of the molecule is Cc1ccnc(Nc2cc(C3CCOCC3)nc(N3CCCC(c4nncn4C)C3)n2)c1. The molecule has 3 aromatic rings. The zero-order valence-corrected chi connectivity index (χ0v) is 18.7. The van der Waals surface area contributed by atoms with E-state index in [4.69, 9.17) is 14.7 Å². The van der Waals surface area contributed by atoms with Crippen LogP contribution in [0.4, 0.5) is 17.6 Å². The first-order chi connectivity index (χ1) is 15.7. The number of aryl methyl sites for hydroxylation is 2. The number of aromatic nitrogens is 6. The van der Waals surface area contributed by atoms with Crippen molar-refractivity contribution in [1.29, 1.82) is 0 Å². The molecule has 3 aromatic heterocycles. The lowest BCUT2D eigenvalue weighted by Gasteiger charge is -2.33. The van der Waals surface area contributed by atoms with E-state index in [0.29, 0.717) is 11.8 Å². The molecule has 2 fully saturated rings. The number of piperidine rings is 1. The van der Waals surface area contributed by atoms with Crippen molar-refractivity contribution in [3.05, 3.63) is 47.8 Å². The molecular weight excluding hydrogens is 404 g/mol. The Morgan fingerprint density at radius 1 is 1.06 bits per heavy atom. The average Bonchev–Trinajstić information content (AvgIpc) is 3.25.